The Bertz CT molecular complexity index is 1380. The first-order chi connectivity index (χ1) is 33.0. The maximum Gasteiger partial charge on any atom is 0.306 e. The molecule has 2 unspecified atom stereocenters. The molecule has 2 atom stereocenters. The van der Waals surface area contributed by atoms with E-state index >= 15 is 0 Å². The fourth-order valence-electron chi connectivity index (χ4n) is 7.45. The molecule has 0 aliphatic heterocycles. The molecule has 0 aliphatic rings. The third-order valence-electron chi connectivity index (χ3n) is 11.7. The average molecular weight is 974 g/mol. The third kappa shape index (κ3) is 52.8. The van der Waals surface area contributed by atoms with E-state index in [2.05, 4.69) is 86.8 Å². The lowest BCUT2D eigenvalue weighted by Gasteiger charge is -2.28. The molecule has 0 aromatic heterocycles. The average Bonchev–Trinajstić information content (AvgIpc) is 3.30. The van der Waals surface area contributed by atoms with Crippen LogP contribution >= 0.6 is 7.82 Å². The summed E-state index contributed by atoms with van der Waals surface area (Å²) in [6, 6.07) is 0. The van der Waals surface area contributed by atoms with Crippen LogP contribution in [-0.4, -0.2) is 70.0 Å². The van der Waals surface area contributed by atoms with Crippen LogP contribution < -0.4 is 4.89 Å². The van der Waals surface area contributed by atoms with Crippen LogP contribution in [-0.2, 0) is 32.7 Å². The van der Waals surface area contributed by atoms with Crippen LogP contribution in [0.15, 0.2) is 72.9 Å². The first kappa shape index (κ1) is 65.5. The van der Waals surface area contributed by atoms with Crippen molar-refractivity contribution in [3.8, 4) is 0 Å². The summed E-state index contributed by atoms with van der Waals surface area (Å²) in [5.74, 6) is -0.847. The van der Waals surface area contributed by atoms with Crippen molar-refractivity contribution in [2.24, 2.45) is 0 Å². The molecule has 0 heterocycles. The lowest BCUT2D eigenvalue weighted by atomic mass is 10.0. The van der Waals surface area contributed by atoms with Gasteiger partial charge in [0.15, 0.2) is 6.10 Å². The van der Waals surface area contributed by atoms with E-state index in [-0.39, 0.29) is 26.1 Å². The number of carbonyl (C=O) groups is 2. The van der Waals surface area contributed by atoms with Gasteiger partial charge in [0.25, 0.3) is 7.82 Å². The Labute approximate surface area is 418 Å². The van der Waals surface area contributed by atoms with E-state index in [0.717, 1.165) is 89.9 Å². The number of hydrogen-bond acceptors (Lipinski definition) is 8. The number of carbonyl (C=O) groups excluding carboxylic acids is 2. The number of quaternary nitrogens is 1. The second-order valence-corrected chi connectivity index (χ2v) is 21.0. The number of allylic oxidation sites excluding steroid dienone is 12. The lowest BCUT2D eigenvalue weighted by Crippen LogP contribution is -2.37. The van der Waals surface area contributed by atoms with Gasteiger partial charge in [0.2, 0.25) is 0 Å². The first-order valence-electron chi connectivity index (χ1n) is 27.6. The van der Waals surface area contributed by atoms with E-state index in [9.17, 15) is 19.0 Å². The van der Waals surface area contributed by atoms with Gasteiger partial charge in [-0.2, -0.15) is 0 Å². The quantitative estimate of drug-likeness (QED) is 0.0195. The molecule has 0 aromatic carbocycles. The van der Waals surface area contributed by atoms with Crippen molar-refractivity contribution in [1.82, 2.24) is 0 Å². The molecular formula is C58H104NO8P. The van der Waals surface area contributed by atoms with Gasteiger partial charge in [-0.25, -0.2) is 0 Å². The molecule has 0 aromatic rings. The molecule has 10 heteroatoms. The monoisotopic (exact) mass is 974 g/mol. The number of phosphoric acid groups is 1. The van der Waals surface area contributed by atoms with Gasteiger partial charge in [-0.1, -0.05) is 215 Å². The van der Waals surface area contributed by atoms with Gasteiger partial charge in [0, 0.05) is 12.8 Å². The summed E-state index contributed by atoms with van der Waals surface area (Å²) in [6.07, 6.45) is 63.9. The van der Waals surface area contributed by atoms with Crippen LogP contribution in [0.5, 0.6) is 0 Å². The number of hydrogen-bond donors (Lipinski definition) is 0. The molecule has 0 saturated carbocycles. The Morgan fingerprint density at radius 3 is 1.25 bits per heavy atom. The molecule has 0 saturated heterocycles. The second kappa shape index (κ2) is 49.4. The molecule has 0 amide bonds. The highest BCUT2D eigenvalue weighted by atomic mass is 31.2. The summed E-state index contributed by atoms with van der Waals surface area (Å²) in [6.45, 7) is 4.05. The molecule has 68 heavy (non-hydrogen) atoms. The number of phosphoric ester groups is 1. The van der Waals surface area contributed by atoms with Crippen LogP contribution in [0.2, 0.25) is 0 Å². The molecule has 0 radical (unpaired) electrons. The van der Waals surface area contributed by atoms with Crippen molar-refractivity contribution >= 4 is 19.8 Å². The van der Waals surface area contributed by atoms with Crippen molar-refractivity contribution in [3.63, 3.8) is 0 Å². The minimum Gasteiger partial charge on any atom is -0.756 e. The van der Waals surface area contributed by atoms with E-state index in [1.807, 2.05) is 21.1 Å². The maximum atomic E-state index is 12.8. The van der Waals surface area contributed by atoms with Gasteiger partial charge in [0.1, 0.15) is 19.8 Å². The van der Waals surface area contributed by atoms with Crippen LogP contribution in [0.3, 0.4) is 0 Å². The van der Waals surface area contributed by atoms with Crippen LogP contribution in [0.4, 0.5) is 0 Å². The van der Waals surface area contributed by atoms with Gasteiger partial charge in [-0.15, -0.1) is 0 Å². The number of rotatable bonds is 50. The van der Waals surface area contributed by atoms with Crippen LogP contribution in [0.1, 0.15) is 232 Å². The predicted molar refractivity (Wildman–Crippen MR) is 286 cm³/mol. The number of nitrogens with zero attached hydrogens (tertiary/aromatic N) is 1. The van der Waals surface area contributed by atoms with E-state index in [1.165, 1.54) is 103 Å². The van der Waals surface area contributed by atoms with Gasteiger partial charge < -0.3 is 27.9 Å². The summed E-state index contributed by atoms with van der Waals surface area (Å²) in [7, 11) is 1.16. The number of unbranched alkanes of at least 4 members (excludes halogenated alkanes) is 24. The lowest BCUT2D eigenvalue weighted by molar-refractivity contribution is -0.870. The molecule has 0 spiro atoms. The first-order valence-corrected chi connectivity index (χ1v) is 29.1. The molecule has 9 nitrogen and oxygen atoms in total. The van der Waals surface area contributed by atoms with Gasteiger partial charge in [0.05, 0.1) is 27.7 Å². The molecular weight excluding hydrogens is 870 g/mol. The predicted octanol–water partition coefficient (Wildman–Crippen LogP) is 16.3. The molecule has 0 rings (SSSR count). The largest absolute Gasteiger partial charge is 0.756 e. The topological polar surface area (TPSA) is 111 Å². The van der Waals surface area contributed by atoms with E-state index in [1.54, 1.807) is 0 Å². The zero-order chi connectivity index (χ0) is 49.9. The maximum absolute atomic E-state index is 12.8. The van der Waals surface area contributed by atoms with Crippen molar-refractivity contribution in [1.29, 1.82) is 0 Å². The smallest absolute Gasteiger partial charge is 0.306 e. The van der Waals surface area contributed by atoms with Crippen molar-refractivity contribution in [2.45, 2.75) is 238 Å². The van der Waals surface area contributed by atoms with E-state index in [0.29, 0.717) is 23.9 Å². The molecule has 0 fully saturated rings. The third-order valence-corrected chi connectivity index (χ3v) is 12.7. The summed E-state index contributed by atoms with van der Waals surface area (Å²) >= 11 is 0. The number of likely N-dealkylation sites (N-methyl/N-ethyl adjacent to an activating group) is 1. The second-order valence-electron chi connectivity index (χ2n) is 19.6. The summed E-state index contributed by atoms with van der Waals surface area (Å²) in [5.41, 5.74) is 0. The van der Waals surface area contributed by atoms with Gasteiger partial charge in [-0.3, -0.25) is 14.2 Å². The Morgan fingerprint density at radius 2 is 0.838 bits per heavy atom. The normalized spacial score (nSPS) is 13.9. The standard InChI is InChI=1S/C58H104NO8P/c1-6-8-10-12-14-16-18-20-21-22-23-24-25-26-27-28-29-30-31-32-33-34-35-36-37-39-41-43-45-47-49-51-58(61)67-56(55-66-68(62,63)65-53-52-59(3,4)5)54-64-57(60)50-48-46-44-42-40-38-19-17-15-13-11-9-7-2/h8,10-11,13-14,16-17,19-21,23-24,56H,6-7,9,12,15,18,22,25-55H2,1-5H3/b10-8-,13-11-,16-14-,19-17-,21-20-,24-23-. The highest BCUT2D eigenvalue weighted by Gasteiger charge is 2.21. The Kier molecular flexibility index (Phi) is 47.6. The van der Waals surface area contributed by atoms with Gasteiger partial charge in [-0.05, 0) is 77.0 Å². The number of esters is 2. The summed E-state index contributed by atoms with van der Waals surface area (Å²) < 4.78 is 34.0. The fourth-order valence-corrected chi connectivity index (χ4v) is 8.18. The zero-order valence-electron chi connectivity index (χ0n) is 44.5. The minimum absolute atomic E-state index is 0.0345. The number of ether oxygens (including phenoxy) is 2. The van der Waals surface area contributed by atoms with Crippen molar-refractivity contribution in [2.75, 3.05) is 47.5 Å². The SMILES string of the molecule is CC/C=C\C/C=C\C/C=C\C/C=C\CCCCCCCCCCCCCCCCCCCCC(=O)OC(COC(=O)CCCCCCC/C=C\C/C=C\CCC)COP(=O)([O-])OCC[N+](C)(C)C. The zero-order valence-corrected chi connectivity index (χ0v) is 45.4. The van der Waals surface area contributed by atoms with E-state index < -0.39 is 32.5 Å². The highest BCUT2D eigenvalue weighted by molar-refractivity contribution is 7.45. The van der Waals surface area contributed by atoms with Gasteiger partial charge >= 0.3 is 11.9 Å². The molecule has 0 N–H and O–H groups in total. The Morgan fingerprint density at radius 1 is 0.471 bits per heavy atom. The van der Waals surface area contributed by atoms with Crippen LogP contribution in [0.25, 0.3) is 0 Å². The molecule has 0 aliphatic carbocycles. The highest BCUT2D eigenvalue weighted by Crippen LogP contribution is 2.38. The van der Waals surface area contributed by atoms with Crippen LogP contribution in [0, 0.1) is 0 Å². The summed E-state index contributed by atoms with van der Waals surface area (Å²) in [4.78, 5) is 37.7. The van der Waals surface area contributed by atoms with Crippen molar-refractivity contribution < 1.29 is 42.1 Å². The molecule has 394 valence electrons. The molecule has 0 bridgehead atoms. The Hall–Kier alpha value is -2.55. The van der Waals surface area contributed by atoms with E-state index in [4.69, 9.17) is 18.5 Å². The fraction of sp³-hybridized carbons (Fsp3) is 0.759. The Balaban J connectivity index is 4.06. The summed E-state index contributed by atoms with van der Waals surface area (Å²) in [5, 5.41) is 0. The van der Waals surface area contributed by atoms with Crippen molar-refractivity contribution in [3.05, 3.63) is 72.9 Å². The minimum atomic E-state index is -4.64.